The van der Waals surface area contributed by atoms with Crippen LogP contribution < -0.4 is 4.74 Å². The van der Waals surface area contributed by atoms with E-state index >= 15 is 0 Å². The zero-order valence-corrected chi connectivity index (χ0v) is 23.5. The van der Waals surface area contributed by atoms with Crippen molar-refractivity contribution < 1.29 is 23.5 Å². The van der Waals surface area contributed by atoms with E-state index in [0.717, 1.165) is 24.2 Å². The standard InChI is InChI=1S/C32H35FN4O4/c1-23-7-9-24(10-8-23)30-21-29(27-5-3-4-6-28(27)33)34-37(30)31(38)22-36(16-15-35-17-19-41-20-18-35)32(39)25-11-13-26(40-2)14-12-25/h3-14,30H,15-22H2,1-2H3/t30-/m0/s1. The molecule has 9 heteroatoms. The molecule has 2 amide bonds. The molecule has 0 aliphatic carbocycles. The fourth-order valence-corrected chi connectivity index (χ4v) is 5.14. The molecule has 214 valence electrons. The Morgan fingerprint density at radius 1 is 1.02 bits per heavy atom. The molecule has 0 aromatic heterocycles. The number of amides is 2. The largest absolute Gasteiger partial charge is 0.497 e. The predicted octanol–water partition coefficient (Wildman–Crippen LogP) is 4.30. The van der Waals surface area contributed by atoms with Gasteiger partial charge in [0.05, 0.1) is 32.1 Å². The van der Waals surface area contributed by atoms with E-state index in [4.69, 9.17) is 9.47 Å². The van der Waals surface area contributed by atoms with Crippen LogP contribution in [0.4, 0.5) is 4.39 Å². The molecule has 0 N–H and O–H groups in total. The first-order chi connectivity index (χ1) is 19.9. The number of benzene rings is 3. The zero-order valence-electron chi connectivity index (χ0n) is 23.5. The number of nitrogens with zero attached hydrogens (tertiary/aromatic N) is 4. The average molecular weight is 559 g/mol. The van der Waals surface area contributed by atoms with Crippen LogP contribution in [0.1, 0.15) is 39.5 Å². The monoisotopic (exact) mass is 558 g/mol. The average Bonchev–Trinajstić information content (AvgIpc) is 3.45. The maximum Gasteiger partial charge on any atom is 0.262 e. The minimum absolute atomic E-state index is 0.161. The van der Waals surface area contributed by atoms with E-state index in [1.807, 2.05) is 31.2 Å². The van der Waals surface area contributed by atoms with Crippen molar-refractivity contribution in [2.45, 2.75) is 19.4 Å². The highest BCUT2D eigenvalue weighted by atomic mass is 19.1. The Hall–Kier alpha value is -4.08. The van der Waals surface area contributed by atoms with Crippen molar-refractivity contribution in [3.05, 3.63) is 101 Å². The van der Waals surface area contributed by atoms with E-state index in [9.17, 15) is 14.0 Å². The highest BCUT2D eigenvalue weighted by Gasteiger charge is 2.35. The SMILES string of the molecule is COc1ccc(C(=O)N(CCN2CCOCC2)CC(=O)N2N=C(c3ccccc3F)C[C@H]2c2ccc(C)cc2)cc1. The molecule has 2 heterocycles. The third-order valence-corrected chi connectivity index (χ3v) is 7.55. The molecule has 2 aliphatic heterocycles. The van der Waals surface area contributed by atoms with Gasteiger partial charge in [-0.2, -0.15) is 5.10 Å². The van der Waals surface area contributed by atoms with Crippen LogP contribution in [0.5, 0.6) is 5.75 Å². The lowest BCUT2D eigenvalue weighted by Gasteiger charge is -2.31. The van der Waals surface area contributed by atoms with Gasteiger partial charge in [0.15, 0.2) is 0 Å². The number of hydrogen-bond acceptors (Lipinski definition) is 6. The Balaban J connectivity index is 1.41. The van der Waals surface area contributed by atoms with Gasteiger partial charge < -0.3 is 14.4 Å². The summed E-state index contributed by atoms with van der Waals surface area (Å²) in [6, 6.07) is 20.8. The first-order valence-corrected chi connectivity index (χ1v) is 13.9. The van der Waals surface area contributed by atoms with Crippen LogP contribution in [-0.4, -0.2) is 85.4 Å². The first-order valence-electron chi connectivity index (χ1n) is 13.9. The molecule has 0 unspecified atom stereocenters. The summed E-state index contributed by atoms with van der Waals surface area (Å²) < 4.78 is 25.4. The maximum absolute atomic E-state index is 14.7. The number of rotatable bonds is 9. The van der Waals surface area contributed by atoms with Gasteiger partial charge in [-0.1, -0.05) is 48.0 Å². The summed E-state index contributed by atoms with van der Waals surface area (Å²) in [4.78, 5) is 31.4. The number of hydrazone groups is 1. The van der Waals surface area contributed by atoms with Crippen LogP contribution in [-0.2, 0) is 9.53 Å². The second-order valence-electron chi connectivity index (χ2n) is 10.3. The fourth-order valence-electron chi connectivity index (χ4n) is 5.14. The van der Waals surface area contributed by atoms with E-state index in [2.05, 4.69) is 10.0 Å². The summed E-state index contributed by atoms with van der Waals surface area (Å²) in [6.07, 6.45) is 0.371. The van der Waals surface area contributed by atoms with Crippen molar-refractivity contribution >= 4 is 17.5 Å². The van der Waals surface area contributed by atoms with Gasteiger partial charge in [-0.25, -0.2) is 9.40 Å². The third-order valence-electron chi connectivity index (χ3n) is 7.55. The molecular formula is C32H35FN4O4. The zero-order chi connectivity index (χ0) is 28.8. The Labute approximate surface area is 240 Å². The summed E-state index contributed by atoms with van der Waals surface area (Å²) in [5.41, 5.74) is 3.34. The Morgan fingerprint density at radius 3 is 2.41 bits per heavy atom. The number of methoxy groups -OCH3 is 1. The van der Waals surface area contributed by atoms with Crippen molar-refractivity contribution in [2.24, 2.45) is 5.10 Å². The number of ether oxygens (including phenoxy) is 2. The molecule has 8 nitrogen and oxygen atoms in total. The number of aryl methyl sites for hydroxylation is 1. The van der Waals surface area contributed by atoms with E-state index in [0.29, 0.717) is 55.3 Å². The minimum Gasteiger partial charge on any atom is -0.497 e. The van der Waals surface area contributed by atoms with Crippen LogP contribution in [0, 0.1) is 12.7 Å². The smallest absolute Gasteiger partial charge is 0.262 e. The number of hydrogen-bond donors (Lipinski definition) is 0. The first kappa shape index (κ1) is 28.4. The number of carbonyl (C=O) groups excluding carboxylic acids is 2. The normalized spacial score (nSPS) is 17.3. The second kappa shape index (κ2) is 13.1. The van der Waals surface area contributed by atoms with E-state index in [1.54, 1.807) is 54.5 Å². The molecule has 1 fully saturated rings. The van der Waals surface area contributed by atoms with E-state index < -0.39 is 6.04 Å². The summed E-state index contributed by atoms with van der Waals surface area (Å²) in [5.74, 6) is -0.319. The molecule has 3 aromatic rings. The molecule has 41 heavy (non-hydrogen) atoms. The van der Waals surface area contributed by atoms with Gasteiger partial charge in [0.25, 0.3) is 11.8 Å². The van der Waals surface area contributed by atoms with Crippen molar-refractivity contribution in [1.82, 2.24) is 14.8 Å². The lowest BCUT2D eigenvalue weighted by atomic mass is 9.97. The molecule has 1 atom stereocenters. The summed E-state index contributed by atoms with van der Waals surface area (Å²) in [6.45, 7) is 5.65. The number of halogens is 1. The van der Waals surface area contributed by atoms with Gasteiger partial charge in [-0.15, -0.1) is 0 Å². The van der Waals surface area contributed by atoms with Crippen LogP contribution in [0.3, 0.4) is 0 Å². The minimum atomic E-state index is -0.408. The Kier molecular flexibility index (Phi) is 9.06. The Bertz CT molecular complexity index is 1390. The maximum atomic E-state index is 14.7. The van der Waals surface area contributed by atoms with Gasteiger partial charge in [0.1, 0.15) is 18.1 Å². The number of carbonyl (C=O) groups is 2. The molecule has 0 saturated carbocycles. The summed E-state index contributed by atoms with van der Waals surface area (Å²) in [5, 5.41) is 6.06. The molecule has 1 saturated heterocycles. The van der Waals surface area contributed by atoms with Crippen molar-refractivity contribution in [3.8, 4) is 5.75 Å². The second-order valence-corrected chi connectivity index (χ2v) is 10.3. The van der Waals surface area contributed by atoms with E-state index in [1.165, 1.54) is 11.1 Å². The highest BCUT2D eigenvalue weighted by molar-refractivity contribution is 6.04. The topological polar surface area (TPSA) is 74.7 Å². The van der Waals surface area contributed by atoms with Crippen molar-refractivity contribution in [2.75, 3.05) is 53.0 Å². The number of morpholine rings is 1. The Morgan fingerprint density at radius 2 is 1.73 bits per heavy atom. The predicted molar refractivity (Wildman–Crippen MR) is 154 cm³/mol. The fraction of sp³-hybridized carbons (Fsp3) is 0.344. The quantitative estimate of drug-likeness (QED) is 0.392. The molecule has 3 aromatic carbocycles. The molecule has 0 bridgehead atoms. The molecule has 0 spiro atoms. The molecule has 2 aliphatic rings. The summed E-state index contributed by atoms with van der Waals surface area (Å²) >= 11 is 0. The molecule has 5 rings (SSSR count). The van der Waals surface area contributed by atoms with Gasteiger partial charge in [-0.05, 0) is 42.8 Å². The highest BCUT2D eigenvalue weighted by Crippen LogP contribution is 2.33. The van der Waals surface area contributed by atoms with Gasteiger partial charge in [0, 0.05) is 43.7 Å². The van der Waals surface area contributed by atoms with Crippen molar-refractivity contribution in [1.29, 1.82) is 0 Å². The van der Waals surface area contributed by atoms with Gasteiger partial charge in [0.2, 0.25) is 0 Å². The lowest BCUT2D eigenvalue weighted by Crippen LogP contribution is -2.46. The van der Waals surface area contributed by atoms with Crippen LogP contribution in [0.2, 0.25) is 0 Å². The van der Waals surface area contributed by atoms with Crippen molar-refractivity contribution in [3.63, 3.8) is 0 Å². The van der Waals surface area contributed by atoms with Crippen LogP contribution >= 0.6 is 0 Å². The van der Waals surface area contributed by atoms with Gasteiger partial charge in [-0.3, -0.25) is 14.5 Å². The van der Waals surface area contributed by atoms with Crippen LogP contribution in [0.15, 0.2) is 77.9 Å². The van der Waals surface area contributed by atoms with E-state index in [-0.39, 0.29) is 24.2 Å². The molecule has 0 radical (unpaired) electrons. The molecular weight excluding hydrogens is 523 g/mol. The van der Waals surface area contributed by atoms with Gasteiger partial charge >= 0.3 is 0 Å². The lowest BCUT2D eigenvalue weighted by molar-refractivity contribution is -0.133. The van der Waals surface area contributed by atoms with Crippen LogP contribution in [0.25, 0.3) is 0 Å². The summed E-state index contributed by atoms with van der Waals surface area (Å²) in [7, 11) is 1.57. The third kappa shape index (κ3) is 6.81.